The van der Waals surface area contributed by atoms with Crippen molar-refractivity contribution in [1.82, 2.24) is 4.90 Å². The molecule has 1 aliphatic rings. The Morgan fingerprint density at radius 1 is 1.07 bits per heavy atom. The molecule has 0 aromatic heterocycles. The molecule has 1 aliphatic heterocycles. The second kappa shape index (κ2) is 8.91. The average Bonchev–Trinajstić information content (AvgIpc) is 2.68. The van der Waals surface area contributed by atoms with Crippen LogP contribution < -0.4 is 9.64 Å². The maximum absolute atomic E-state index is 12.4. The van der Waals surface area contributed by atoms with Gasteiger partial charge in [0.2, 0.25) is 0 Å². The lowest BCUT2D eigenvalue weighted by atomic mass is 10.1. The van der Waals surface area contributed by atoms with E-state index in [1.165, 1.54) is 5.69 Å². The van der Waals surface area contributed by atoms with Gasteiger partial charge in [0, 0.05) is 32.4 Å². The van der Waals surface area contributed by atoms with Gasteiger partial charge >= 0.3 is 0 Å². The van der Waals surface area contributed by atoms with E-state index < -0.39 is 0 Å². The van der Waals surface area contributed by atoms with Gasteiger partial charge in [-0.25, -0.2) is 0 Å². The third-order valence-corrected chi connectivity index (χ3v) is 4.91. The highest BCUT2D eigenvalue weighted by Crippen LogP contribution is 2.22. The van der Waals surface area contributed by atoms with Crippen LogP contribution in [0.25, 0.3) is 0 Å². The van der Waals surface area contributed by atoms with Gasteiger partial charge in [-0.3, -0.25) is 4.79 Å². The van der Waals surface area contributed by atoms with Crippen LogP contribution in [-0.4, -0.2) is 50.8 Å². The first-order valence-electron chi connectivity index (χ1n) is 9.39. The monoisotopic (exact) mass is 368 g/mol. The minimum atomic E-state index is -0.0325. The number of benzene rings is 2. The number of rotatable bonds is 6. The number of morpholine rings is 1. The first kappa shape index (κ1) is 19.2. The average molecular weight is 368 g/mol. The van der Waals surface area contributed by atoms with E-state index in [1.54, 1.807) is 4.90 Å². The Labute approximate surface area is 161 Å². The fraction of sp³-hybridized carbons (Fsp3) is 0.409. The molecule has 1 amide bonds. The molecular formula is C22H28N2O3. The van der Waals surface area contributed by atoms with E-state index in [0.29, 0.717) is 6.54 Å². The van der Waals surface area contributed by atoms with Crippen LogP contribution in [0.2, 0.25) is 0 Å². The standard InChI is InChI=1S/C22H28N2O3/c1-17-5-4-6-18(2)22(17)27-16-21(25)23(3)15-19-7-9-20(10-8-19)24-11-13-26-14-12-24/h4-10H,11-16H2,1-3H3. The summed E-state index contributed by atoms with van der Waals surface area (Å²) in [5.41, 5.74) is 4.40. The van der Waals surface area contributed by atoms with Gasteiger partial charge in [0.1, 0.15) is 5.75 Å². The van der Waals surface area contributed by atoms with Gasteiger partial charge in [0.25, 0.3) is 5.91 Å². The van der Waals surface area contributed by atoms with Gasteiger partial charge in [-0.15, -0.1) is 0 Å². The Bertz CT molecular complexity index is 747. The molecule has 0 aliphatic carbocycles. The number of likely N-dealkylation sites (N-methyl/N-ethyl adjacent to an activating group) is 1. The molecule has 0 atom stereocenters. The molecule has 0 unspecified atom stereocenters. The third-order valence-electron chi connectivity index (χ3n) is 4.91. The van der Waals surface area contributed by atoms with E-state index in [1.807, 2.05) is 39.1 Å². The molecule has 0 saturated carbocycles. The summed E-state index contributed by atoms with van der Waals surface area (Å²) in [6.07, 6.45) is 0. The number of hydrogen-bond acceptors (Lipinski definition) is 4. The number of para-hydroxylation sites is 1. The Morgan fingerprint density at radius 2 is 1.70 bits per heavy atom. The van der Waals surface area contributed by atoms with E-state index in [-0.39, 0.29) is 12.5 Å². The number of hydrogen-bond donors (Lipinski definition) is 0. The van der Waals surface area contributed by atoms with Crippen molar-refractivity contribution in [2.75, 3.05) is 44.9 Å². The number of amides is 1. The fourth-order valence-corrected chi connectivity index (χ4v) is 3.27. The highest BCUT2D eigenvalue weighted by molar-refractivity contribution is 5.77. The van der Waals surface area contributed by atoms with Crippen LogP contribution >= 0.6 is 0 Å². The smallest absolute Gasteiger partial charge is 0.260 e. The summed E-state index contributed by atoms with van der Waals surface area (Å²) >= 11 is 0. The van der Waals surface area contributed by atoms with E-state index in [0.717, 1.165) is 48.7 Å². The molecule has 1 heterocycles. The lowest BCUT2D eigenvalue weighted by Gasteiger charge is -2.29. The van der Waals surface area contributed by atoms with Crippen molar-refractivity contribution in [1.29, 1.82) is 0 Å². The summed E-state index contributed by atoms with van der Waals surface area (Å²) in [6.45, 7) is 8.00. The van der Waals surface area contributed by atoms with E-state index in [2.05, 4.69) is 29.2 Å². The van der Waals surface area contributed by atoms with Gasteiger partial charge in [0.15, 0.2) is 6.61 Å². The number of anilines is 1. The molecule has 5 heteroatoms. The Hall–Kier alpha value is -2.53. The third kappa shape index (κ3) is 5.01. The summed E-state index contributed by atoms with van der Waals surface area (Å²) in [5, 5.41) is 0. The van der Waals surface area contributed by atoms with Crippen molar-refractivity contribution in [2.45, 2.75) is 20.4 Å². The lowest BCUT2D eigenvalue weighted by molar-refractivity contribution is -0.132. The van der Waals surface area contributed by atoms with Gasteiger partial charge in [0.05, 0.1) is 13.2 Å². The zero-order chi connectivity index (χ0) is 19.2. The van der Waals surface area contributed by atoms with Crippen LogP contribution in [0.1, 0.15) is 16.7 Å². The maximum Gasteiger partial charge on any atom is 0.260 e. The van der Waals surface area contributed by atoms with Crippen molar-refractivity contribution < 1.29 is 14.3 Å². The SMILES string of the molecule is Cc1cccc(C)c1OCC(=O)N(C)Cc1ccc(N2CCOCC2)cc1. The van der Waals surface area contributed by atoms with E-state index >= 15 is 0 Å². The van der Waals surface area contributed by atoms with Gasteiger partial charge in [-0.1, -0.05) is 30.3 Å². The molecule has 1 saturated heterocycles. The highest BCUT2D eigenvalue weighted by atomic mass is 16.5. The van der Waals surface area contributed by atoms with Crippen molar-refractivity contribution in [3.63, 3.8) is 0 Å². The largest absolute Gasteiger partial charge is 0.483 e. The molecule has 0 radical (unpaired) electrons. The zero-order valence-electron chi connectivity index (χ0n) is 16.4. The van der Waals surface area contributed by atoms with E-state index in [9.17, 15) is 4.79 Å². The highest BCUT2D eigenvalue weighted by Gasteiger charge is 2.14. The van der Waals surface area contributed by atoms with Crippen molar-refractivity contribution in [3.8, 4) is 5.75 Å². The number of aryl methyl sites for hydroxylation is 2. The maximum atomic E-state index is 12.4. The molecular weight excluding hydrogens is 340 g/mol. The second-order valence-corrected chi connectivity index (χ2v) is 7.03. The number of ether oxygens (including phenoxy) is 2. The van der Waals surface area contributed by atoms with E-state index in [4.69, 9.17) is 9.47 Å². The first-order chi connectivity index (χ1) is 13.0. The number of carbonyl (C=O) groups is 1. The van der Waals surface area contributed by atoms with Crippen LogP contribution in [-0.2, 0) is 16.1 Å². The number of nitrogens with zero attached hydrogens (tertiary/aromatic N) is 2. The van der Waals surface area contributed by atoms with Gasteiger partial charge in [-0.2, -0.15) is 0 Å². The van der Waals surface area contributed by atoms with Gasteiger partial charge in [-0.05, 0) is 42.7 Å². The van der Waals surface area contributed by atoms with Crippen LogP contribution in [0, 0.1) is 13.8 Å². The molecule has 0 N–H and O–H groups in total. The quantitative estimate of drug-likeness (QED) is 0.785. The molecule has 27 heavy (non-hydrogen) atoms. The zero-order valence-corrected chi connectivity index (χ0v) is 16.4. The van der Waals surface area contributed by atoms with Crippen LogP contribution in [0.15, 0.2) is 42.5 Å². The first-order valence-corrected chi connectivity index (χ1v) is 9.39. The van der Waals surface area contributed by atoms with Gasteiger partial charge < -0.3 is 19.3 Å². The van der Waals surface area contributed by atoms with Crippen molar-refractivity contribution in [2.24, 2.45) is 0 Å². The van der Waals surface area contributed by atoms with Crippen LogP contribution in [0.4, 0.5) is 5.69 Å². The molecule has 144 valence electrons. The molecule has 1 fully saturated rings. The summed E-state index contributed by atoms with van der Waals surface area (Å²) in [5.74, 6) is 0.768. The minimum Gasteiger partial charge on any atom is -0.483 e. The molecule has 0 spiro atoms. The van der Waals surface area contributed by atoms with Crippen molar-refractivity contribution >= 4 is 11.6 Å². The predicted molar refractivity (Wildman–Crippen MR) is 107 cm³/mol. The topological polar surface area (TPSA) is 42.0 Å². The predicted octanol–water partition coefficient (Wildman–Crippen LogP) is 3.18. The summed E-state index contributed by atoms with van der Waals surface area (Å²) in [7, 11) is 1.81. The molecule has 2 aromatic carbocycles. The summed E-state index contributed by atoms with van der Waals surface area (Å²) in [6, 6.07) is 14.4. The summed E-state index contributed by atoms with van der Waals surface area (Å²) < 4.78 is 11.2. The van der Waals surface area contributed by atoms with Crippen LogP contribution in [0.5, 0.6) is 5.75 Å². The Balaban J connectivity index is 1.53. The fourth-order valence-electron chi connectivity index (χ4n) is 3.27. The normalized spacial score (nSPS) is 14.1. The Kier molecular flexibility index (Phi) is 6.35. The number of carbonyl (C=O) groups excluding carboxylic acids is 1. The molecule has 2 aromatic rings. The second-order valence-electron chi connectivity index (χ2n) is 7.03. The molecule has 3 rings (SSSR count). The lowest BCUT2D eigenvalue weighted by Crippen LogP contribution is -2.36. The van der Waals surface area contributed by atoms with Crippen molar-refractivity contribution in [3.05, 3.63) is 59.2 Å². The minimum absolute atomic E-state index is 0.0325. The molecule has 5 nitrogen and oxygen atoms in total. The molecule has 0 bridgehead atoms. The Morgan fingerprint density at radius 3 is 2.33 bits per heavy atom. The van der Waals surface area contributed by atoms with Crippen LogP contribution in [0.3, 0.4) is 0 Å². The summed E-state index contributed by atoms with van der Waals surface area (Å²) in [4.78, 5) is 16.5.